The molecule has 0 N–H and O–H groups in total. The van der Waals surface area contributed by atoms with E-state index in [1.54, 1.807) is 0 Å². The molecule has 0 saturated heterocycles. The van der Waals surface area contributed by atoms with Crippen LogP contribution >= 0.6 is 21.6 Å². The first-order valence-electron chi connectivity index (χ1n) is 5.72. The predicted molar refractivity (Wildman–Crippen MR) is 77.7 cm³/mol. The molecule has 0 bridgehead atoms. The summed E-state index contributed by atoms with van der Waals surface area (Å²) in [5, 5.41) is 0. The normalized spacial score (nSPS) is 14.4. The number of hydrogen-bond donors (Lipinski definition) is 0. The van der Waals surface area contributed by atoms with Crippen molar-refractivity contribution in [2.45, 2.75) is 66.6 Å². The Morgan fingerprint density at radius 1 is 0.733 bits per heavy atom. The van der Waals surface area contributed by atoms with Crippen LogP contribution in [-0.4, -0.2) is 10.5 Å². The summed E-state index contributed by atoms with van der Waals surface area (Å²) in [6, 6.07) is 0. The Kier molecular flexibility index (Phi) is 5.60. The molecule has 0 nitrogen and oxygen atoms in total. The Bertz CT molecular complexity index is 182. The second kappa shape index (κ2) is 5.35. The van der Waals surface area contributed by atoms with E-state index >= 15 is 0 Å². The summed E-state index contributed by atoms with van der Waals surface area (Å²) in [7, 11) is 4.07. The Morgan fingerprint density at radius 3 is 1.53 bits per heavy atom. The van der Waals surface area contributed by atoms with Gasteiger partial charge in [0, 0.05) is 10.5 Å². The van der Waals surface area contributed by atoms with Gasteiger partial charge in [0.25, 0.3) is 0 Å². The highest BCUT2D eigenvalue weighted by Gasteiger charge is 2.26. The SMILES string of the molecule is CC(C)(C)CSSC(C)(C)CC(C)(C)C. The van der Waals surface area contributed by atoms with Crippen LogP contribution in [0.5, 0.6) is 0 Å². The minimum atomic E-state index is 0.383. The van der Waals surface area contributed by atoms with Crippen molar-refractivity contribution in [1.82, 2.24) is 0 Å². The monoisotopic (exact) mass is 248 g/mol. The molecule has 0 unspecified atom stereocenters. The molecular formula is C13H28S2. The lowest BCUT2D eigenvalue weighted by Crippen LogP contribution is -2.23. The zero-order valence-electron chi connectivity index (χ0n) is 11.7. The largest absolute Gasteiger partial charge is 0.0931 e. The summed E-state index contributed by atoms with van der Waals surface area (Å²) in [4.78, 5) is 0. The summed E-state index contributed by atoms with van der Waals surface area (Å²) in [6.45, 7) is 18.6. The first-order chi connectivity index (χ1) is 6.41. The van der Waals surface area contributed by atoms with E-state index in [1.807, 2.05) is 21.6 Å². The molecule has 0 fully saturated rings. The average Bonchev–Trinajstić information content (AvgIpc) is 1.75. The molecule has 0 saturated carbocycles. The maximum Gasteiger partial charge on any atom is 0.0212 e. The Hall–Kier alpha value is 0.700. The molecule has 2 heteroatoms. The maximum atomic E-state index is 2.36. The van der Waals surface area contributed by atoms with E-state index in [4.69, 9.17) is 0 Å². The van der Waals surface area contributed by atoms with Crippen molar-refractivity contribution >= 4 is 21.6 Å². The van der Waals surface area contributed by atoms with Gasteiger partial charge >= 0.3 is 0 Å². The van der Waals surface area contributed by atoms with E-state index in [-0.39, 0.29) is 0 Å². The zero-order chi connectivity index (χ0) is 12.3. The molecule has 0 aromatic heterocycles. The number of hydrogen-bond acceptors (Lipinski definition) is 2. The highest BCUT2D eigenvalue weighted by Crippen LogP contribution is 2.44. The van der Waals surface area contributed by atoms with E-state index in [0.29, 0.717) is 15.6 Å². The smallest absolute Gasteiger partial charge is 0.0212 e. The molecule has 92 valence electrons. The summed E-state index contributed by atoms with van der Waals surface area (Å²) in [6.07, 6.45) is 1.27. The van der Waals surface area contributed by atoms with Crippen molar-refractivity contribution < 1.29 is 0 Å². The lowest BCUT2D eigenvalue weighted by Gasteiger charge is -2.32. The van der Waals surface area contributed by atoms with Gasteiger partial charge in [-0.15, -0.1) is 0 Å². The third-order valence-electron chi connectivity index (χ3n) is 1.73. The standard InChI is InChI=1S/C13H28S2/c1-11(2,3)9-13(7,8)15-14-10-12(4,5)6/h9-10H2,1-8H3. The third-order valence-corrected chi connectivity index (χ3v) is 5.49. The van der Waals surface area contributed by atoms with Crippen LogP contribution in [0.15, 0.2) is 0 Å². The van der Waals surface area contributed by atoms with Gasteiger partial charge in [0.05, 0.1) is 0 Å². The molecule has 0 aromatic rings. The Labute approximate surface area is 105 Å². The molecule has 0 aliphatic carbocycles. The van der Waals surface area contributed by atoms with Gasteiger partial charge in [-0.3, -0.25) is 0 Å². The maximum absolute atomic E-state index is 2.36. The van der Waals surface area contributed by atoms with Gasteiger partial charge in [0.2, 0.25) is 0 Å². The lowest BCUT2D eigenvalue weighted by atomic mass is 9.86. The van der Waals surface area contributed by atoms with E-state index in [0.717, 1.165) is 0 Å². The van der Waals surface area contributed by atoms with Crippen LogP contribution < -0.4 is 0 Å². The van der Waals surface area contributed by atoms with Gasteiger partial charge in [-0.25, -0.2) is 0 Å². The van der Waals surface area contributed by atoms with Gasteiger partial charge < -0.3 is 0 Å². The topological polar surface area (TPSA) is 0 Å². The van der Waals surface area contributed by atoms with Gasteiger partial charge in [-0.2, -0.15) is 0 Å². The zero-order valence-corrected chi connectivity index (χ0v) is 13.4. The van der Waals surface area contributed by atoms with Crippen molar-refractivity contribution in [3.8, 4) is 0 Å². The quantitative estimate of drug-likeness (QED) is 0.591. The summed E-state index contributed by atoms with van der Waals surface area (Å²) in [5.74, 6) is 1.23. The second-order valence-corrected chi connectivity index (χ2v) is 10.4. The fraction of sp³-hybridized carbons (Fsp3) is 1.00. The molecule has 0 aliphatic heterocycles. The van der Waals surface area contributed by atoms with Crippen LogP contribution in [-0.2, 0) is 0 Å². The summed E-state index contributed by atoms with van der Waals surface area (Å²) >= 11 is 0. The van der Waals surface area contributed by atoms with E-state index in [2.05, 4.69) is 55.4 Å². The molecule has 0 rings (SSSR count). The molecule has 0 amide bonds. The minimum absolute atomic E-state index is 0.383. The van der Waals surface area contributed by atoms with Crippen molar-refractivity contribution in [2.75, 3.05) is 5.75 Å². The first kappa shape index (κ1) is 15.7. The highest BCUT2D eigenvalue weighted by molar-refractivity contribution is 8.77. The van der Waals surface area contributed by atoms with Crippen molar-refractivity contribution in [3.63, 3.8) is 0 Å². The van der Waals surface area contributed by atoms with Crippen LogP contribution in [0.4, 0.5) is 0 Å². The number of rotatable bonds is 4. The van der Waals surface area contributed by atoms with E-state index < -0.39 is 0 Å². The molecule has 0 spiro atoms. The minimum Gasteiger partial charge on any atom is -0.0931 e. The van der Waals surface area contributed by atoms with Crippen LogP contribution in [0.1, 0.15) is 61.8 Å². The van der Waals surface area contributed by atoms with Crippen LogP contribution in [0.3, 0.4) is 0 Å². The van der Waals surface area contributed by atoms with Crippen molar-refractivity contribution in [3.05, 3.63) is 0 Å². The molecule has 0 heterocycles. The molecule has 15 heavy (non-hydrogen) atoms. The molecular weight excluding hydrogens is 220 g/mol. The van der Waals surface area contributed by atoms with Gasteiger partial charge in [0.1, 0.15) is 0 Å². The molecule has 0 aromatic carbocycles. The van der Waals surface area contributed by atoms with Gasteiger partial charge in [-0.05, 0) is 31.1 Å². The Morgan fingerprint density at radius 2 is 1.20 bits per heavy atom. The van der Waals surface area contributed by atoms with Crippen molar-refractivity contribution in [1.29, 1.82) is 0 Å². The fourth-order valence-electron chi connectivity index (χ4n) is 1.67. The molecule has 0 aliphatic rings. The third kappa shape index (κ3) is 11.0. The highest BCUT2D eigenvalue weighted by atomic mass is 33.1. The van der Waals surface area contributed by atoms with Crippen LogP contribution in [0.2, 0.25) is 0 Å². The second-order valence-electron chi connectivity index (χ2n) is 7.40. The fourth-order valence-corrected chi connectivity index (χ4v) is 5.27. The van der Waals surface area contributed by atoms with Gasteiger partial charge in [-0.1, -0.05) is 63.1 Å². The summed E-state index contributed by atoms with van der Waals surface area (Å²) in [5.41, 5.74) is 0.869. The predicted octanol–water partition coefficient (Wildman–Crippen LogP) is 5.63. The van der Waals surface area contributed by atoms with E-state index in [1.165, 1.54) is 12.2 Å². The lowest BCUT2D eigenvalue weighted by molar-refractivity contribution is 0.340. The van der Waals surface area contributed by atoms with Crippen LogP contribution in [0, 0.1) is 10.8 Å². The van der Waals surface area contributed by atoms with Crippen molar-refractivity contribution in [2.24, 2.45) is 10.8 Å². The van der Waals surface area contributed by atoms with Gasteiger partial charge in [0.15, 0.2) is 0 Å². The van der Waals surface area contributed by atoms with Crippen LogP contribution in [0.25, 0.3) is 0 Å². The molecule has 0 atom stereocenters. The average molecular weight is 249 g/mol. The van der Waals surface area contributed by atoms with E-state index in [9.17, 15) is 0 Å². The summed E-state index contributed by atoms with van der Waals surface area (Å²) < 4.78 is 0.383. The Balaban J connectivity index is 3.95. The molecule has 0 radical (unpaired) electrons. The first-order valence-corrected chi connectivity index (χ1v) is 8.04.